The van der Waals surface area contributed by atoms with Crippen molar-refractivity contribution in [1.82, 2.24) is 20.3 Å². The molecule has 1 aliphatic rings. The van der Waals surface area contributed by atoms with Gasteiger partial charge in [-0.1, -0.05) is 6.92 Å². The van der Waals surface area contributed by atoms with Crippen molar-refractivity contribution >= 4 is 5.91 Å². The zero-order valence-electron chi connectivity index (χ0n) is 9.39. The van der Waals surface area contributed by atoms with E-state index in [0.717, 1.165) is 19.4 Å². The Morgan fingerprint density at radius 3 is 3.19 bits per heavy atom. The Hall–Kier alpha value is -1.43. The highest BCUT2D eigenvalue weighted by molar-refractivity contribution is 5.92. The molecule has 1 aromatic rings. The van der Waals surface area contributed by atoms with Gasteiger partial charge in [0.2, 0.25) is 0 Å². The van der Waals surface area contributed by atoms with Gasteiger partial charge in [-0.25, -0.2) is 0 Å². The van der Waals surface area contributed by atoms with Gasteiger partial charge >= 0.3 is 0 Å². The topological polar surface area (TPSA) is 87.9 Å². The minimum Gasteiger partial charge on any atom is -0.333 e. The van der Waals surface area contributed by atoms with Crippen molar-refractivity contribution in [3.05, 3.63) is 11.9 Å². The third-order valence-corrected chi connectivity index (χ3v) is 3.15. The second kappa shape index (κ2) is 4.61. The first kappa shape index (κ1) is 11.1. The summed E-state index contributed by atoms with van der Waals surface area (Å²) in [5.74, 6) is 0.561. The summed E-state index contributed by atoms with van der Waals surface area (Å²) in [7, 11) is 0. The van der Waals surface area contributed by atoms with Gasteiger partial charge in [0.15, 0.2) is 5.69 Å². The number of amides is 1. The van der Waals surface area contributed by atoms with Gasteiger partial charge in [0.25, 0.3) is 5.91 Å². The van der Waals surface area contributed by atoms with Crippen LogP contribution in [0.4, 0.5) is 0 Å². The van der Waals surface area contributed by atoms with Gasteiger partial charge in [-0.15, -0.1) is 0 Å². The molecule has 1 amide bonds. The first-order chi connectivity index (χ1) is 7.72. The number of hydrogen-bond donors (Lipinski definition) is 2. The molecule has 2 rings (SSSR count). The zero-order valence-corrected chi connectivity index (χ0v) is 9.39. The summed E-state index contributed by atoms with van der Waals surface area (Å²) in [6.07, 6.45) is 3.45. The van der Waals surface area contributed by atoms with E-state index in [1.54, 1.807) is 0 Å². The van der Waals surface area contributed by atoms with E-state index in [0.29, 0.717) is 18.2 Å². The van der Waals surface area contributed by atoms with Gasteiger partial charge in [0.05, 0.1) is 6.20 Å². The molecule has 0 radical (unpaired) electrons. The molecule has 0 aromatic carbocycles. The van der Waals surface area contributed by atoms with Crippen molar-refractivity contribution in [2.45, 2.75) is 25.8 Å². The molecule has 0 bridgehead atoms. The van der Waals surface area contributed by atoms with Crippen LogP contribution in [-0.2, 0) is 0 Å². The van der Waals surface area contributed by atoms with Crippen LogP contribution in [-0.4, -0.2) is 45.3 Å². The molecule has 0 aliphatic carbocycles. The molecular formula is C10H17N5O. The van der Waals surface area contributed by atoms with E-state index in [2.05, 4.69) is 22.3 Å². The summed E-state index contributed by atoms with van der Waals surface area (Å²) >= 11 is 0. The Kier molecular flexibility index (Phi) is 3.19. The van der Waals surface area contributed by atoms with Crippen molar-refractivity contribution in [3.8, 4) is 0 Å². The number of aromatic nitrogens is 3. The number of nitrogens with zero attached hydrogens (tertiary/aromatic N) is 3. The molecule has 2 heterocycles. The number of aromatic amines is 1. The Morgan fingerprint density at radius 1 is 1.75 bits per heavy atom. The number of nitrogens with one attached hydrogen (secondary N) is 1. The lowest BCUT2D eigenvalue weighted by atomic mass is 9.92. The average molecular weight is 223 g/mol. The second-order valence-electron chi connectivity index (χ2n) is 4.37. The van der Waals surface area contributed by atoms with Gasteiger partial charge < -0.3 is 10.6 Å². The molecule has 1 aliphatic heterocycles. The third kappa shape index (κ3) is 2.06. The van der Waals surface area contributed by atoms with Crippen LogP contribution in [0.3, 0.4) is 0 Å². The number of nitrogens with two attached hydrogens (primary N) is 1. The number of hydrogen-bond acceptors (Lipinski definition) is 4. The molecule has 0 spiro atoms. The maximum atomic E-state index is 12.1. The first-order valence-electron chi connectivity index (χ1n) is 5.59. The zero-order chi connectivity index (χ0) is 11.5. The van der Waals surface area contributed by atoms with E-state index in [4.69, 9.17) is 5.73 Å². The molecule has 88 valence electrons. The minimum atomic E-state index is -0.0731. The van der Waals surface area contributed by atoms with E-state index in [9.17, 15) is 4.79 Å². The number of piperidine rings is 1. The van der Waals surface area contributed by atoms with E-state index in [1.165, 1.54) is 6.20 Å². The van der Waals surface area contributed by atoms with Gasteiger partial charge in [0, 0.05) is 19.1 Å². The predicted molar refractivity (Wildman–Crippen MR) is 58.7 cm³/mol. The normalized spacial score (nSPS) is 25.8. The van der Waals surface area contributed by atoms with E-state index >= 15 is 0 Å². The third-order valence-electron chi connectivity index (χ3n) is 3.15. The van der Waals surface area contributed by atoms with Crippen LogP contribution < -0.4 is 5.73 Å². The van der Waals surface area contributed by atoms with Gasteiger partial charge in [-0.3, -0.25) is 4.79 Å². The molecule has 3 N–H and O–H groups in total. The van der Waals surface area contributed by atoms with Crippen LogP contribution in [0.2, 0.25) is 0 Å². The Labute approximate surface area is 94.2 Å². The van der Waals surface area contributed by atoms with Crippen LogP contribution in [0.5, 0.6) is 0 Å². The molecule has 6 nitrogen and oxygen atoms in total. The molecule has 1 fully saturated rings. The van der Waals surface area contributed by atoms with Crippen molar-refractivity contribution in [1.29, 1.82) is 0 Å². The fraction of sp³-hybridized carbons (Fsp3) is 0.700. The molecule has 16 heavy (non-hydrogen) atoms. The Balaban J connectivity index is 2.10. The second-order valence-corrected chi connectivity index (χ2v) is 4.37. The molecule has 2 atom stereocenters. The summed E-state index contributed by atoms with van der Waals surface area (Å²) in [5.41, 5.74) is 6.08. The molecular weight excluding hydrogens is 206 g/mol. The first-order valence-corrected chi connectivity index (χ1v) is 5.59. The lowest BCUT2D eigenvalue weighted by Crippen LogP contribution is -2.49. The van der Waals surface area contributed by atoms with Crippen LogP contribution in [0, 0.1) is 5.92 Å². The highest BCUT2D eigenvalue weighted by atomic mass is 16.2. The summed E-state index contributed by atoms with van der Waals surface area (Å²) in [6.45, 7) is 3.46. The number of likely N-dealkylation sites (tertiary alicyclic amines) is 1. The van der Waals surface area contributed by atoms with E-state index in [-0.39, 0.29) is 11.9 Å². The summed E-state index contributed by atoms with van der Waals surface area (Å²) in [4.78, 5) is 13.9. The molecule has 1 saturated heterocycles. The number of rotatable bonds is 2. The van der Waals surface area contributed by atoms with Gasteiger partial charge in [0.1, 0.15) is 0 Å². The minimum absolute atomic E-state index is 0.0731. The molecule has 6 heteroatoms. The molecule has 0 saturated carbocycles. The quantitative estimate of drug-likeness (QED) is 0.739. The maximum absolute atomic E-state index is 12.1. The summed E-state index contributed by atoms with van der Waals surface area (Å²) in [6, 6.07) is 0.132. The number of H-pyrrole nitrogens is 1. The fourth-order valence-electron chi connectivity index (χ4n) is 2.19. The largest absolute Gasteiger partial charge is 0.333 e. The van der Waals surface area contributed by atoms with Crippen molar-refractivity contribution in [2.75, 3.05) is 13.1 Å². The lowest BCUT2D eigenvalue weighted by molar-refractivity contribution is 0.0567. The number of carbonyl (C=O) groups is 1. The standard InChI is InChI=1S/C10H17N5O/c1-7-2-3-15(8(4-7)5-11)10(16)9-6-12-14-13-9/h6-8H,2-5,11H2,1H3,(H,12,13,14). The lowest BCUT2D eigenvalue weighted by Gasteiger charge is -2.37. The smallest absolute Gasteiger partial charge is 0.276 e. The highest BCUT2D eigenvalue weighted by Crippen LogP contribution is 2.22. The average Bonchev–Trinajstić information content (AvgIpc) is 2.81. The highest BCUT2D eigenvalue weighted by Gasteiger charge is 2.30. The Bertz CT molecular complexity index is 350. The van der Waals surface area contributed by atoms with Crippen molar-refractivity contribution in [2.24, 2.45) is 11.7 Å². The van der Waals surface area contributed by atoms with Crippen LogP contribution in [0.25, 0.3) is 0 Å². The van der Waals surface area contributed by atoms with Crippen molar-refractivity contribution in [3.63, 3.8) is 0 Å². The molecule has 2 unspecified atom stereocenters. The number of carbonyl (C=O) groups excluding carboxylic acids is 1. The Morgan fingerprint density at radius 2 is 2.56 bits per heavy atom. The van der Waals surface area contributed by atoms with Crippen LogP contribution in [0.15, 0.2) is 6.20 Å². The fourth-order valence-corrected chi connectivity index (χ4v) is 2.19. The van der Waals surface area contributed by atoms with Crippen molar-refractivity contribution < 1.29 is 4.79 Å². The van der Waals surface area contributed by atoms with E-state index in [1.807, 2.05) is 4.90 Å². The van der Waals surface area contributed by atoms with E-state index < -0.39 is 0 Å². The summed E-state index contributed by atoms with van der Waals surface area (Å²) in [5, 5.41) is 9.91. The maximum Gasteiger partial charge on any atom is 0.276 e. The van der Waals surface area contributed by atoms with Gasteiger partial charge in [-0.2, -0.15) is 15.4 Å². The van der Waals surface area contributed by atoms with Crippen LogP contribution in [0.1, 0.15) is 30.3 Å². The molecule has 1 aromatic heterocycles. The van der Waals surface area contributed by atoms with Gasteiger partial charge in [-0.05, 0) is 18.8 Å². The SMILES string of the molecule is CC1CCN(C(=O)c2cn[nH]n2)C(CN)C1. The predicted octanol–water partition coefficient (Wildman–Crippen LogP) is 0.00410. The summed E-state index contributed by atoms with van der Waals surface area (Å²) < 4.78 is 0. The monoisotopic (exact) mass is 223 g/mol. The van der Waals surface area contributed by atoms with Crippen LogP contribution >= 0.6 is 0 Å².